The largest absolute Gasteiger partial charge is 0.497 e. The normalized spacial score (nSPS) is 16.7. The summed E-state index contributed by atoms with van der Waals surface area (Å²) in [5.74, 6) is 0.871. The van der Waals surface area contributed by atoms with E-state index in [4.69, 9.17) is 4.74 Å². The predicted molar refractivity (Wildman–Crippen MR) is 103 cm³/mol. The van der Waals surface area contributed by atoms with Crippen LogP contribution in [0.5, 0.6) is 5.75 Å². The number of nitrogens with one attached hydrogen (secondary N) is 2. The van der Waals surface area contributed by atoms with Crippen LogP contribution in [0.3, 0.4) is 0 Å². The molecule has 0 bridgehead atoms. The molecule has 7 nitrogen and oxygen atoms in total. The van der Waals surface area contributed by atoms with Gasteiger partial charge in [-0.3, -0.25) is 9.59 Å². The number of benzene rings is 2. The summed E-state index contributed by atoms with van der Waals surface area (Å²) >= 11 is 0. The monoisotopic (exact) mass is 364 g/mol. The molecule has 1 aromatic heterocycles. The van der Waals surface area contributed by atoms with E-state index in [-0.39, 0.29) is 18.2 Å². The molecule has 1 atom stereocenters. The van der Waals surface area contributed by atoms with E-state index >= 15 is 0 Å². The lowest BCUT2D eigenvalue weighted by Gasteiger charge is -2.17. The summed E-state index contributed by atoms with van der Waals surface area (Å²) in [5, 5.41) is 2.91. The number of hydrogen-bond acceptors (Lipinski definition) is 4. The second-order valence-electron chi connectivity index (χ2n) is 6.65. The van der Waals surface area contributed by atoms with Crippen LogP contribution in [0.4, 0.5) is 11.4 Å². The van der Waals surface area contributed by atoms with Gasteiger partial charge in [0.1, 0.15) is 11.6 Å². The molecule has 2 amide bonds. The average Bonchev–Trinajstić information content (AvgIpc) is 3.23. The van der Waals surface area contributed by atoms with Crippen molar-refractivity contribution in [1.82, 2.24) is 9.97 Å². The van der Waals surface area contributed by atoms with E-state index in [1.807, 2.05) is 43.3 Å². The van der Waals surface area contributed by atoms with E-state index in [0.29, 0.717) is 18.0 Å². The number of aryl methyl sites for hydroxylation is 1. The van der Waals surface area contributed by atoms with Crippen molar-refractivity contribution in [2.45, 2.75) is 13.3 Å². The Bertz CT molecular complexity index is 1030. The number of hydrogen-bond donors (Lipinski definition) is 2. The number of carbonyl (C=O) groups excluding carboxylic acids is 2. The maximum Gasteiger partial charge on any atom is 0.229 e. The zero-order valence-corrected chi connectivity index (χ0v) is 15.2. The van der Waals surface area contributed by atoms with Crippen LogP contribution >= 0.6 is 0 Å². The van der Waals surface area contributed by atoms with E-state index in [2.05, 4.69) is 15.3 Å². The van der Waals surface area contributed by atoms with Gasteiger partial charge in [-0.15, -0.1) is 0 Å². The van der Waals surface area contributed by atoms with E-state index in [9.17, 15) is 9.59 Å². The zero-order valence-electron chi connectivity index (χ0n) is 15.2. The summed E-state index contributed by atoms with van der Waals surface area (Å²) in [6, 6.07) is 12.8. The quantitative estimate of drug-likeness (QED) is 0.745. The summed E-state index contributed by atoms with van der Waals surface area (Å²) in [6.45, 7) is 2.23. The first kappa shape index (κ1) is 17.1. The van der Waals surface area contributed by atoms with Crippen LogP contribution in [-0.2, 0) is 9.59 Å². The lowest BCUT2D eigenvalue weighted by molar-refractivity contribution is -0.122. The Kier molecular flexibility index (Phi) is 4.27. The molecule has 0 radical (unpaired) electrons. The summed E-state index contributed by atoms with van der Waals surface area (Å²) in [7, 11) is 1.58. The molecule has 1 fully saturated rings. The summed E-state index contributed by atoms with van der Waals surface area (Å²) in [5.41, 5.74) is 3.14. The number of methoxy groups -OCH3 is 1. The maximum atomic E-state index is 12.7. The number of aromatic amines is 1. The SMILES string of the molecule is COc1cccc(N2C[C@@H](C(=O)Nc3ccc4nc(C)[nH]c4c3)CC2=O)c1. The van der Waals surface area contributed by atoms with Crippen LogP contribution in [0.25, 0.3) is 11.0 Å². The lowest BCUT2D eigenvalue weighted by atomic mass is 10.1. The molecule has 0 unspecified atom stereocenters. The number of ether oxygens (including phenoxy) is 1. The van der Waals surface area contributed by atoms with Gasteiger partial charge in [0.05, 0.1) is 24.1 Å². The van der Waals surface area contributed by atoms with Gasteiger partial charge in [-0.25, -0.2) is 4.98 Å². The first-order valence-electron chi connectivity index (χ1n) is 8.75. The molecule has 1 saturated heterocycles. The van der Waals surface area contributed by atoms with Crippen molar-refractivity contribution in [3.05, 3.63) is 48.3 Å². The van der Waals surface area contributed by atoms with Crippen molar-refractivity contribution >= 4 is 34.2 Å². The number of rotatable bonds is 4. The fourth-order valence-corrected chi connectivity index (χ4v) is 3.37. The van der Waals surface area contributed by atoms with Crippen LogP contribution in [-0.4, -0.2) is 35.4 Å². The van der Waals surface area contributed by atoms with Gasteiger partial charge in [-0.1, -0.05) is 6.07 Å². The van der Waals surface area contributed by atoms with E-state index in [1.165, 1.54) is 0 Å². The van der Waals surface area contributed by atoms with Crippen LogP contribution in [0.15, 0.2) is 42.5 Å². The Morgan fingerprint density at radius 2 is 2.15 bits per heavy atom. The molecule has 7 heteroatoms. The lowest BCUT2D eigenvalue weighted by Crippen LogP contribution is -2.28. The molecule has 2 aromatic carbocycles. The molecule has 1 aliphatic rings. The van der Waals surface area contributed by atoms with Gasteiger partial charge in [-0.05, 0) is 37.3 Å². The standard InChI is InChI=1S/C20H20N4O3/c1-12-21-17-7-6-14(9-18(17)22-12)23-20(26)13-8-19(25)24(11-13)15-4-3-5-16(10-15)27-2/h3-7,9-10,13H,8,11H2,1-2H3,(H,21,22)(H,23,26)/t13-/m0/s1. The Balaban J connectivity index is 1.48. The minimum Gasteiger partial charge on any atom is -0.497 e. The van der Waals surface area contributed by atoms with Crippen molar-refractivity contribution in [3.63, 3.8) is 0 Å². The second-order valence-corrected chi connectivity index (χ2v) is 6.65. The van der Waals surface area contributed by atoms with Crippen molar-refractivity contribution in [3.8, 4) is 5.75 Å². The topological polar surface area (TPSA) is 87.3 Å². The summed E-state index contributed by atoms with van der Waals surface area (Å²) in [4.78, 5) is 34.2. The maximum absolute atomic E-state index is 12.7. The Morgan fingerprint density at radius 1 is 1.30 bits per heavy atom. The number of aromatic nitrogens is 2. The Morgan fingerprint density at radius 3 is 2.96 bits per heavy atom. The smallest absolute Gasteiger partial charge is 0.229 e. The molecule has 138 valence electrons. The molecular weight excluding hydrogens is 344 g/mol. The molecule has 0 aliphatic carbocycles. The summed E-state index contributed by atoms with van der Waals surface area (Å²) < 4.78 is 5.21. The van der Waals surface area contributed by atoms with Gasteiger partial charge in [0.15, 0.2) is 0 Å². The molecule has 2 N–H and O–H groups in total. The van der Waals surface area contributed by atoms with Gasteiger partial charge in [0, 0.05) is 30.4 Å². The van der Waals surface area contributed by atoms with Gasteiger partial charge < -0.3 is 19.9 Å². The Hall–Kier alpha value is -3.35. The molecule has 1 aliphatic heterocycles. The highest BCUT2D eigenvalue weighted by Crippen LogP contribution is 2.28. The van der Waals surface area contributed by atoms with Crippen LogP contribution in [0, 0.1) is 12.8 Å². The fraction of sp³-hybridized carbons (Fsp3) is 0.250. The molecule has 0 spiro atoms. The van der Waals surface area contributed by atoms with Gasteiger partial charge in [-0.2, -0.15) is 0 Å². The highest BCUT2D eigenvalue weighted by molar-refractivity contribution is 6.04. The second kappa shape index (κ2) is 6.75. The van der Waals surface area contributed by atoms with Crippen molar-refractivity contribution in [1.29, 1.82) is 0 Å². The molecule has 2 heterocycles. The number of nitrogens with zero attached hydrogens (tertiary/aromatic N) is 2. The van der Waals surface area contributed by atoms with Crippen LogP contribution in [0.2, 0.25) is 0 Å². The highest BCUT2D eigenvalue weighted by atomic mass is 16.5. The van der Waals surface area contributed by atoms with Gasteiger partial charge in [0.2, 0.25) is 11.8 Å². The number of amides is 2. The van der Waals surface area contributed by atoms with Gasteiger partial charge in [0.25, 0.3) is 0 Å². The van der Waals surface area contributed by atoms with E-state index in [1.54, 1.807) is 18.1 Å². The minimum absolute atomic E-state index is 0.0666. The van der Waals surface area contributed by atoms with Crippen molar-refractivity contribution < 1.29 is 14.3 Å². The van der Waals surface area contributed by atoms with Crippen molar-refractivity contribution in [2.24, 2.45) is 5.92 Å². The number of carbonyl (C=O) groups is 2. The van der Waals surface area contributed by atoms with E-state index in [0.717, 1.165) is 22.5 Å². The predicted octanol–water partition coefficient (Wildman–Crippen LogP) is 2.87. The number of fused-ring (bicyclic) bond motifs is 1. The van der Waals surface area contributed by atoms with Crippen LogP contribution < -0.4 is 15.0 Å². The zero-order chi connectivity index (χ0) is 19.0. The molecule has 3 aromatic rings. The summed E-state index contributed by atoms with van der Waals surface area (Å²) in [6.07, 6.45) is 0.189. The third kappa shape index (κ3) is 3.36. The number of anilines is 2. The molecule has 0 saturated carbocycles. The molecule has 4 rings (SSSR count). The molecular formula is C20H20N4O3. The number of H-pyrrole nitrogens is 1. The highest BCUT2D eigenvalue weighted by Gasteiger charge is 2.35. The average molecular weight is 364 g/mol. The third-order valence-electron chi connectivity index (χ3n) is 4.73. The van der Waals surface area contributed by atoms with Gasteiger partial charge >= 0.3 is 0 Å². The third-order valence-corrected chi connectivity index (χ3v) is 4.73. The van der Waals surface area contributed by atoms with E-state index < -0.39 is 5.92 Å². The van der Waals surface area contributed by atoms with Crippen molar-refractivity contribution in [2.75, 3.05) is 23.9 Å². The minimum atomic E-state index is -0.400. The fourth-order valence-electron chi connectivity index (χ4n) is 3.37. The first-order valence-corrected chi connectivity index (χ1v) is 8.75. The number of imidazole rings is 1. The Labute approximate surface area is 156 Å². The molecule has 27 heavy (non-hydrogen) atoms. The first-order chi connectivity index (χ1) is 13.0. The van der Waals surface area contributed by atoms with Crippen LogP contribution in [0.1, 0.15) is 12.2 Å².